The van der Waals surface area contributed by atoms with Gasteiger partial charge in [0, 0.05) is 17.5 Å². The molecule has 31 heavy (non-hydrogen) atoms. The Morgan fingerprint density at radius 3 is 1.71 bits per heavy atom. The first-order chi connectivity index (χ1) is 14.5. The van der Waals surface area contributed by atoms with Gasteiger partial charge in [-0.1, -0.05) is 24.3 Å². The molecule has 0 bridgehead atoms. The first-order valence-corrected chi connectivity index (χ1v) is 16.7. The second kappa shape index (κ2) is 19.2. The summed E-state index contributed by atoms with van der Waals surface area (Å²) in [6.45, 7) is 10.8. The van der Waals surface area contributed by atoms with E-state index in [-0.39, 0.29) is 23.0 Å². The number of hydrogen-bond donors (Lipinski definition) is 0. The summed E-state index contributed by atoms with van der Waals surface area (Å²) in [5.74, 6) is 0.676. The maximum Gasteiger partial charge on any atom is 2.00 e. The van der Waals surface area contributed by atoms with E-state index in [0.717, 1.165) is 17.2 Å². The van der Waals surface area contributed by atoms with E-state index in [0.29, 0.717) is 5.56 Å². The Hall–Kier alpha value is -0.322. The van der Waals surface area contributed by atoms with Crippen LogP contribution in [0.5, 0.6) is 0 Å². The Bertz CT molecular complexity index is 621. The molecule has 0 aromatic heterocycles. The summed E-state index contributed by atoms with van der Waals surface area (Å²) in [4.78, 5) is 0. The van der Waals surface area contributed by atoms with E-state index in [4.69, 9.17) is 0 Å². The zero-order valence-corrected chi connectivity index (χ0v) is 23.2. The Morgan fingerprint density at radius 1 is 0.806 bits per heavy atom. The summed E-state index contributed by atoms with van der Waals surface area (Å²) in [5.41, 5.74) is 2.24. The number of aryl methyl sites for hydroxylation is 1. The summed E-state index contributed by atoms with van der Waals surface area (Å²) in [7, 11) is 0. The first-order valence-electron chi connectivity index (χ1n) is 10.6. The molecule has 0 atom stereocenters. The van der Waals surface area contributed by atoms with Crippen LogP contribution in [0.1, 0.15) is 38.8 Å². The predicted molar refractivity (Wildman–Crippen MR) is 130 cm³/mol. The smallest absolute Gasteiger partial charge is 0.0312 e. The maximum absolute atomic E-state index is 11.9. The van der Waals surface area contributed by atoms with Gasteiger partial charge in [0.2, 0.25) is 0 Å². The average molecular weight is 565 g/mol. The number of benzene rings is 1. The van der Waals surface area contributed by atoms with Crippen molar-refractivity contribution in [3.05, 3.63) is 99.1 Å². The van der Waals surface area contributed by atoms with Crippen LogP contribution >= 0.6 is 0 Å². The van der Waals surface area contributed by atoms with E-state index >= 15 is 0 Å². The van der Waals surface area contributed by atoms with Gasteiger partial charge < -0.3 is 5.11 Å². The van der Waals surface area contributed by atoms with Crippen molar-refractivity contribution in [2.75, 3.05) is 0 Å². The zero-order chi connectivity index (χ0) is 22.2. The molecule has 10 radical (unpaired) electrons. The monoisotopic (exact) mass is 566 g/mol. The number of hydrogen-bond acceptors (Lipinski definition) is 3. The third-order valence-electron chi connectivity index (χ3n) is 4.80. The normalized spacial score (nSPS) is 16.5. The van der Waals surface area contributed by atoms with Crippen molar-refractivity contribution in [3.63, 3.8) is 0 Å². The fraction of sp³-hybridized carbons (Fsp3) is 0.308. The Labute approximate surface area is 209 Å². The van der Waals surface area contributed by atoms with Gasteiger partial charge in [0.15, 0.2) is 0 Å². The third kappa shape index (κ3) is 13.1. The molecule has 1 aromatic rings. The second-order valence-electron chi connectivity index (χ2n) is 6.85. The van der Waals surface area contributed by atoms with Crippen LogP contribution in [0.2, 0.25) is 13.3 Å². The van der Waals surface area contributed by atoms with Gasteiger partial charge in [-0.15, -0.1) is 0 Å². The van der Waals surface area contributed by atoms with Crippen LogP contribution in [0.3, 0.4) is 0 Å². The van der Waals surface area contributed by atoms with Crippen LogP contribution in [0, 0.1) is 70.6 Å². The molecule has 0 spiro atoms. The molecule has 0 amide bonds. The van der Waals surface area contributed by atoms with Gasteiger partial charge in [-0.05, 0) is 82.8 Å². The molecular formula is C26H34FeN2OSn+2. The van der Waals surface area contributed by atoms with Crippen LogP contribution < -0.4 is 5.11 Å². The van der Waals surface area contributed by atoms with Crippen molar-refractivity contribution in [3.8, 4) is 0 Å². The standard InChI is InChI=1S/C15H15N2O.C5H5.3C2H5.Fe.Sn/c1-11-7-3-6-10-14(11)15(18)17-16-12(2)13-8-4-5-9-13;1-2-4-5-3-1;3*1-2;;/h3-10H,1-2H3,(H,17,18);1-5H;3*1H2,2H3;;/q;;;;;+2;+1/p-1/b16-12-;;;;;;. The van der Waals surface area contributed by atoms with Gasteiger partial charge in [-0.25, -0.2) is 0 Å². The minimum Gasteiger partial charge on any atom is -0.0312 e. The van der Waals surface area contributed by atoms with Gasteiger partial charge in [-0.3, -0.25) is 0 Å². The predicted octanol–water partition coefficient (Wildman–Crippen LogP) is 5.44. The maximum atomic E-state index is 11.9. The average Bonchev–Trinajstić information content (AvgIpc) is 3.51. The summed E-state index contributed by atoms with van der Waals surface area (Å²) < 4.78 is 4.65. The molecular weight excluding hydrogens is 531 g/mol. The fourth-order valence-corrected chi connectivity index (χ4v) is 7.01. The number of rotatable bonds is 6. The minimum atomic E-state index is -0.653. The molecule has 2 aliphatic carbocycles. The topological polar surface area (TPSA) is 47.8 Å². The summed E-state index contributed by atoms with van der Waals surface area (Å²) in [5, 5.41) is 19.6. The largest absolute Gasteiger partial charge is 2.00 e. The molecule has 2 saturated carbocycles. The molecule has 0 N–H and O–H groups in total. The fourth-order valence-electron chi connectivity index (χ4n) is 2.73. The molecule has 2 fully saturated rings. The molecule has 0 heterocycles. The van der Waals surface area contributed by atoms with E-state index in [9.17, 15) is 5.11 Å². The van der Waals surface area contributed by atoms with Crippen LogP contribution in [0.25, 0.3) is 0 Å². The quantitative estimate of drug-likeness (QED) is 0.196. The van der Waals surface area contributed by atoms with E-state index < -0.39 is 19.8 Å². The molecule has 0 unspecified atom stereocenters. The first kappa shape index (κ1) is 30.7. The molecule has 2 aliphatic rings. The summed E-state index contributed by atoms with van der Waals surface area (Å²) >= 11 is -0.653. The SMILES string of the molecule is C/C(=N/N=C(\[O-])c1ccccc1C)[C]1[CH][CH][CH][CH]1.C[CH2][Sn+]([CH2]C)[CH2]C.[CH]1[CH][CH][CH][CH]1.[Fe+2]. The van der Waals surface area contributed by atoms with Crippen molar-refractivity contribution in [1.82, 2.24) is 0 Å². The Balaban J connectivity index is 0.000000571. The molecule has 164 valence electrons. The molecule has 3 rings (SSSR count). The van der Waals surface area contributed by atoms with Gasteiger partial charge in [0.05, 0.1) is 0 Å². The zero-order valence-electron chi connectivity index (χ0n) is 19.3. The Morgan fingerprint density at radius 2 is 1.29 bits per heavy atom. The van der Waals surface area contributed by atoms with Gasteiger partial charge in [-0.2, -0.15) is 10.2 Å². The van der Waals surface area contributed by atoms with Crippen molar-refractivity contribution < 1.29 is 22.2 Å². The number of nitrogens with zero attached hydrogens (tertiary/aromatic N) is 2. The molecule has 1 aromatic carbocycles. The molecule has 5 heteroatoms. The van der Waals surface area contributed by atoms with Crippen LogP contribution in [-0.4, -0.2) is 31.4 Å². The Kier molecular flexibility index (Phi) is 19.0. The van der Waals surface area contributed by atoms with Gasteiger partial charge in [0.25, 0.3) is 0 Å². The molecule has 3 nitrogen and oxygen atoms in total. The summed E-state index contributed by atoms with van der Waals surface area (Å²) in [6.07, 6.45) is 17.7. The van der Waals surface area contributed by atoms with Crippen molar-refractivity contribution >= 4 is 31.4 Å². The van der Waals surface area contributed by atoms with Gasteiger partial charge in [0.1, 0.15) is 0 Å². The molecule has 0 saturated heterocycles. The van der Waals surface area contributed by atoms with Crippen LogP contribution in [0.15, 0.2) is 34.5 Å². The van der Waals surface area contributed by atoms with Crippen molar-refractivity contribution in [2.45, 2.75) is 47.9 Å². The molecule has 0 aliphatic heterocycles. The van der Waals surface area contributed by atoms with E-state index in [1.165, 1.54) is 0 Å². The van der Waals surface area contributed by atoms with E-state index in [1.807, 2.05) is 89.8 Å². The van der Waals surface area contributed by atoms with Crippen LogP contribution in [0.4, 0.5) is 0 Å². The minimum absolute atomic E-state index is 0. The second-order valence-corrected chi connectivity index (χ2v) is 17.2. The van der Waals surface area contributed by atoms with Gasteiger partial charge >= 0.3 is 70.9 Å². The van der Waals surface area contributed by atoms with Crippen molar-refractivity contribution in [1.29, 1.82) is 0 Å². The summed E-state index contributed by atoms with van der Waals surface area (Å²) in [6, 6.07) is 7.36. The van der Waals surface area contributed by atoms with Crippen LogP contribution in [-0.2, 0) is 17.1 Å². The van der Waals surface area contributed by atoms with E-state index in [1.54, 1.807) is 19.4 Å². The van der Waals surface area contributed by atoms with Crippen molar-refractivity contribution in [2.24, 2.45) is 10.2 Å². The van der Waals surface area contributed by atoms with E-state index in [2.05, 4.69) is 31.0 Å². The third-order valence-corrected chi connectivity index (χ3v) is 13.4.